The van der Waals surface area contributed by atoms with E-state index in [-0.39, 0.29) is 30.7 Å². The molecule has 2 aromatic rings. The molecule has 0 atom stereocenters. The van der Waals surface area contributed by atoms with E-state index < -0.39 is 0 Å². The van der Waals surface area contributed by atoms with Crippen molar-refractivity contribution >= 4 is 42.1 Å². The predicted molar refractivity (Wildman–Crippen MR) is 88.5 cm³/mol. The number of carbonyl (C=O) groups excluding carboxylic acids is 1. The molecule has 0 aromatic carbocycles. The van der Waals surface area contributed by atoms with Crippen LogP contribution in [0.25, 0.3) is 10.6 Å². The maximum atomic E-state index is 12.0. The number of pyridine rings is 1. The van der Waals surface area contributed by atoms with E-state index in [1.165, 1.54) is 11.3 Å². The first-order chi connectivity index (χ1) is 9.33. The van der Waals surface area contributed by atoms with Gasteiger partial charge in [0.15, 0.2) is 0 Å². The SMILES string of the molecule is Cl.Cl.O=C(NCC1CNC1)c1cnc(-c2ccncc2)s1. The summed E-state index contributed by atoms with van der Waals surface area (Å²) in [4.78, 5) is 20.9. The highest BCUT2D eigenvalue weighted by Crippen LogP contribution is 2.24. The van der Waals surface area contributed by atoms with Crippen LogP contribution in [0, 0.1) is 5.92 Å². The van der Waals surface area contributed by atoms with Gasteiger partial charge in [-0.25, -0.2) is 4.98 Å². The highest BCUT2D eigenvalue weighted by atomic mass is 35.5. The molecule has 114 valence electrons. The summed E-state index contributed by atoms with van der Waals surface area (Å²) in [6.07, 6.45) is 5.08. The Morgan fingerprint density at radius 2 is 2.05 bits per heavy atom. The molecule has 1 amide bonds. The normalized spacial score (nSPS) is 13.5. The Morgan fingerprint density at radius 3 is 2.67 bits per heavy atom. The van der Waals surface area contributed by atoms with Gasteiger partial charge in [0.25, 0.3) is 5.91 Å². The molecule has 1 fully saturated rings. The average Bonchev–Trinajstić information content (AvgIpc) is 2.87. The van der Waals surface area contributed by atoms with Crippen LogP contribution in [0.15, 0.2) is 30.7 Å². The van der Waals surface area contributed by atoms with Crippen molar-refractivity contribution in [2.24, 2.45) is 5.92 Å². The van der Waals surface area contributed by atoms with Crippen LogP contribution in [-0.2, 0) is 0 Å². The van der Waals surface area contributed by atoms with Crippen LogP contribution >= 0.6 is 36.2 Å². The van der Waals surface area contributed by atoms with Gasteiger partial charge in [-0.1, -0.05) is 0 Å². The zero-order chi connectivity index (χ0) is 13.1. The first kappa shape index (κ1) is 17.8. The molecule has 0 spiro atoms. The number of thiazole rings is 1. The Morgan fingerprint density at radius 1 is 1.33 bits per heavy atom. The number of aromatic nitrogens is 2. The lowest BCUT2D eigenvalue weighted by Gasteiger charge is -2.26. The van der Waals surface area contributed by atoms with E-state index >= 15 is 0 Å². The van der Waals surface area contributed by atoms with E-state index in [0.717, 1.165) is 30.2 Å². The van der Waals surface area contributed by atoms with Crippen molar-refractivity contribution in [2.45, 2.75) is 0 Å². The van der Waals surface area contributed by atoms with Gasteiger partial charge in [0.05, 0.1) is 6.20 Å². The summed E-state index contributed by atoms with van der Waals surface area (Å²) >= 11 is 1.40. The highest BCUT2D eigenvalue weighted by molar-refractivity contribution is 7.16. The Bertz CT molecular complexity index is 575. The van der Waals surface area contributed by atoms with Gasteiger partial charge in [0.1, 0.15) is 9.88 Å². The number of nitrogens with one attached hydrogen (secondary N) is 2. The molecule has 8 heteroatoms. The zero-order valence-corrected chi connectivity index (χ0v) is 13.6. The second-order valence-corrected chi connectivity index (χ2v) is 5.53. The molecule has 3 rings (SSSR count). The van der Waals surface area contributed by atoms with Gasteiger partial charge in [-0.15, -0.1) is 36.2 Å². The molecule has 2 N–H and O–H groups in total. The summed E-state index contributed by atoms with van der Waals surface area (Å²) in [5.41, 5.74) is 0.988. The van der Waals surface area contributed by atoms with Gasteiger partial charge in [-0.3, -0.25) is 9.78 Å². The molecule has 2 aromatic heterocycles. The fourth-order valence-corrected chi connectivity index (χ4v) is 2.66. The van der Waals surface area contributed by atoms with Crippen molar-refractivity contribution in [2.75, 3.05) is 19.6 Å². The summed E-state index contributed by atoms with van der Waals surface area (Å²) in [5.74, 6) is 0.529. The van der Waals surface area contributed by atoms with Crippen molar-refractivity contribution in [1.82, 2.24) is 20.6 Å². The van der Waals surface area contributed by atoms with Crippen LogP contribution in [0.4, 0.5) is 0 Å². The number of rotatable bonds is 4. The van der Waals surface area contributed by atoms with Gasteiger partial charge in [0, 0.05) is 43.5 Å². The Balaban J connectivity index is 0.00000110. The van der Waals surface area contributed by atoms with Crippen LogP contribution in [0.1, 0.15) is 9.67 Å². The standard InChI is InChI=1S/C13H14N4OS.2ClH/c18-12(16-7-9-5-15-6-9)11-8-17-13(19-11)10-1-3-14-4-2-10;;/h1-4,8-9,15H,5-7H2,(H,16,18);2*1H. The smallest absolute Gasteiger partial charge is 0.263 e. The minimum Gasteiger partial charge on any atom is -0.351 e. The third-order valence-electron chi connectivity index (χ3n) is 3.07. The topological polar surface area (TPSA) is 66.9 Å². The van der Waals surface area contributed by atoms with Gasteiger partial charge in [-0.05, 0) is 12.1 Å². The first-order valence-corrected chi connectivity index (χ1v) is 7.00. The van der Waals surface area contributed by atoms with Crippen molar-refractivity contribution < 1.29 is 4.79 Å². The van der Waals surface area contributed by atoms with Crippen molar-refractivity contribution in [1.29, 1.82) is 0 Å². The van der Waals surface area contributed by atoms with E-state index in [2.05, 4.69) is 20.6 Å². The van der Waals surface area contributed by atoms with Gasteiger partial charge in [-0.2, -0.15) is 0 Å². The zero-order valence-electron chi connectivity index (χ0n) is 11.1. The van der Waals surface area contributed by atoms with Crippen molar-refractivity contribution in [3.8, 4) is 10.6 Å². The van der Waals surface area contributed by atoms with Crippen LogP contribution in [0.2, 0.25) is 0 Å². The fourth-order valence-electron chi connectivity index (χ4n) is 1.82. The first-order valence-electron chi connectivity index (χ1n) is 6.18. The van der Waals surface area contributed by atoms with Crippen LogP contribution < -0.4 is 10.6 Å². The number of hydrogen-bond acceptors (Lipinski definition) is 5. The Labute approximate surface area is 139 Å². The Kier molecular flexibility index (Phi) is 7.04. The highest BCUT2D eigenvalue weighted by Gasteiger charge is 2.18. The predicted octanol–water partition coefficient (Wildman–Crippen LogP) is 2.00. The molecule has 5 nitrogen and oxygen atoms in total. The summed E-state index contributed by atoms with van der Waals surface area (Å²) in [7, 11) is 0. The molecule has 0 radical (unpaired) electrons. The minimum absolute atomic E-state index is 0. The number of carbonyl (C=O) groups is 1. The molecule has 0 bridgehead atoms. The molecule has 1 aliphatic rings. The molecule has 1 saturated heterocycles. The molecule has 0 saturated carbocycles. The molecular formula is C13H16Cl2N4OS. The monoisotopic (exact) mass is 346 g/mol. The van der Waals surface area contributed by atoms with Crippen molar-refractivity contribution in [3.63, 3.8) is 0 Å². The number of halogens is 2. The summed E-state index contributed by atoms with van der Waals surface area (Å²) in [6, 6.07) is 3.78. The number of hydrogen-bond donors (Lipinski definition) is 2. The lowest BCUT2D eigenvalue weighted by Crippen LogP contribution is -2.48. The molecule has 0 unspecified atom stereocenters. The Hall–Kier alpha value is -1.21. The van der Waals surface area contributed by atoms with Crippen LogP contribution in [-0.4, -0.2) is 35.5 Å². The molecule has 21 heavy (non-hydrogen) atoms. The van der Waals surface area contributed by atoms with E-state index in [1.54, 1.807) is 18.6 Å². The molecular weight excluding hydrogens is 331 g/mol. The van der Waals surface area contributed by atoms with Crippen LogP contribution in [0.3, 0.4) is 0 Å². The quantitative estimate of drug-likeness (QED) is 0.888. The average molecular weight is 347 g/mol. The molecule has 1 aliphatic heterocycles. The largest absolute Gasteiger partial charge is 0.351 e. The fraction of sp³-hybridized carbons (Fsp3) is 0.308. The summed E-state index contributed by atoms with van der Waals surface area (Å²) in [6.45, 7) is 2.71. The number of amides is 1. The van der Waals surface area contributed by atoms with E-state index in [9.17, 15) is 4.79 Å². The second kappa shape index (κ2) is 8.29. The second-order valence-electron chi connectivity index (χ2n) is 4.50. The molecule has 3 heterocycles. The van der Waals surface area contributed by atoms with Crippen molar-refractivity contribution in [3.05, 3.63) is 35.6 Å². The summed E-state index contributed by atoms with van der Waals surface area (Å²) < 4.78 is 0. The minimum atomic E-state index is -0.0373. The van der Waals surface area contributed by atoms with Gasteiger partial charge < -0.3 is 10.6 Å². The number of nitrogens with zero attached hydrogens (tertiary/aromatic N) is 2. The lowest BCUT2D eigenvalue weighted by atomic mass is 10.0. The maximum absolute atomic E-state index is 12.0. The third kappa shape index (κ3) is 4.38. The van der Waals surface area contributed by atoms with E-state index in [1.807, 2.05) is 12.1 Å². The van der Waals surface area contributed by atoms with E-state index in [4.69, 9.17) is 0 Å². The van der Waals surface area contributed by atoms with E-state index in [0.29, 0.717) is 10.8 Å². The third-order valence-corrected chi connectivity index (χ3v) is 4.12. The van der Waals surface area contributed by atoms with Gasteiger partial charge >= 0.3 is 0 Å². The van der Waals surface area contributed by atoms with Crippen LogP contribution in [0.5, 0.6) is 0 Å². The lowest BCUT2D eigenvalue weighted by molar-refractivity contribution is 0.0946. The summed E-state index contributed by atoms with van der Waals surface area (Å²) in [5, 5.41) is 6.97. The maximum Gasteiger partial charge on any atom is 0.263 e. The van der Waals surface area contributed by atoms with Gasteiger partial charge in [0.2, 0.25) is 0 Å². The molecule has 0 aliphatic carbocycles.